The molecular weight excluding hydrogens is 254 g/mol. The zero-order valence-electron chi connectivity index (χ0n) is 11.5. The highest BCUT2D eigenvalue weighted by Gasteiger charge is 2.67. The highest BCUT2D eigenvalue weighted by molar-refractivity contribution is 6.27. The molecule has 2 aliphatic rings. The van der Waals surface area contributed by atoms with E-state index in [0.717, 1.165) is 19.4 Å². The van der Waals surface area contributed by atoms with Gasteiger partial charge in [-0.25, -0.2) is 0 Å². The molecule has 0 N–H and O–H groups in total. The predicted molar refractivity (Wildman–Crippen MR) is 69.5 cm³/mol. The number of hydrogen-bond donors (Lipinski definition) is 0. The molecule has 0 bridgehead atoms. The summed E-state index contributed by atoms with van der Waals surface area (Å²) >= 11 is 5.65. The van der Waals surface area contributed by atoms with Crippen molar-refractivity contribution in [3.8, 4) is 0 Å². The summed E-state index contributed by atoms with van der Waals surface area (Å²) in [5.41, 5.74) is 0.169. The quantitative estimate of drug-likeness (QED) is 0.581. The molecule has 104 valence electrons. The highest BCUT2D eigenvalue weighted by atomic mass is 35.5. The Bertz CT molecular complexity index is 333. The minimum atomic E-state index is -0.441. The van der Waals surface area contributed by atoms with Gasteiger partial charge >= 0.3 is 0 Å². The summed E-state index contributed by atoms with van der Waals surface area (Å²) in [7, 11) is 3.36. The average molecular weight is 276 g/mol. The number of alkyl halides is 1. The van der Waals surface area contributed by atoms with E-state index in [0.29, 0.717) is 5.92 Å². The Balaban J connectivity index is 2.07. The van der Waals surface area contributed by atoms with Gasteiger partial charge in [-0.15, -0.1) is 11.6 Å². The van der Waals surface area contributed by atoms with Crippen molar-refractivity contribution in [1.29, 1.82) is 0 Å². The van der Waals surface area contributed by atoms with E-state index < -0.39 is 5.79 Å². The number of carbonyl (C=O) groups excluding carboxylic acids is 1. The Hall–Kier alpha value is -0.320. The fraction of sp³-hybridized carbons (Fsp3) is 0.923. The maximum Gasteiger partial charge on any atom is 0.237 e. The maximum atomic E-state index is 11.8. The minimum Gasteiger partial charge on any atom is -0.353 e. The van der Waals surface area contributed by atoms with Crippen molar-refractivity contribution in [2.75, 3.05) is 26.6 Å². The van der Waals surface area contributed by atoms with Crippen molar-refractivity contribution in [3.05, 3.63) is 0 Å². The van der Waals surface area contributed by atoms with Crippen LogP contribution in [0.15, 0.2) is 0 Å². The molecule has 1 saturated heterocycles. The molecule has 1 heterocycles. The van der Waals surface area contributed by atoms with E-state index in [4.69, 9.17) is 21.1 Å². The molecule has 0 aromatic carbocycles. The average Bonchev–Trinajstić information content (AvgIpc) is 2.26. The van der Waals surface area contributed by atoms with Gasteiger partial charge in [-0.3, -0.25) is 4.79 Å². The number of rotatable bonds is 4. The van der Waals surface area contributed by atoms with Gasteiger partial charge in [-0.05, 0) is 5.92 Å². The monoisotopic (exact) mass is 275 g/mol. The van der Waals surface area contributed by atoms with Gasteiger partial charge in [0.1, 0.15) is 5.88 Å². The summed E-state index contributed by atoms with van der Waals surface area (Å²) in [5, 5.41) is 0. The number of methoxy groups -OCH3 is 2. The van der Waals surface area contributed by atoms with Crippen LogP contribution in [-0.2, 0) is 14.3 Å². The molecule has 1 amide bonds. The van der Waals surface area contributed by atoms with E-state index in [9.17, 15) is 4.79 Å². The second-order valence-electron chi connectivity index (χ2n) is 5.88. The molecule has 1 atom stereocenters. The number of amides is 1. The third-order valence-corrected chi connectivity index (χ3v) is 4.73. The molecule has 2 fully saturated rings. The fourth-order valence-corrected chi connectivity index (χ4v) is 4.00. The van der Waals surface area contributed by atoms with Crippen LogP contribution >= 0.6 is 11.6 Å². The first-order valence-electron chi connectivity index (χ1n) is 6.39. The van der Waals surface area contributed by atoms with E-state index in [1.165, 1.54) is 0 Å². The topological polar surface area (TPSA) is 38.8 Å². The summed E-state index contributed by atoms with van der Waals surface area (Å²) in [6, 6.07) is 0.266. The third-order valence-electron chi connectivity index (χ3n) is 4.50. The van der Waals surface area contributed by atoms with Crippen LogP contribution in [0.1, 0.15) is 26.7 Å². The second kappa shape index (κ2) is 4.66. The van der Waals surface area contributed by atoms with Crippen LogP contribution in [0.5, 0.6) is 0 Å². The lowest BCUT2D eigenvalue weighted by Crippen LogP contribution is -2.76. The van der Waals surface area contributed by atoms with Gasteiger partial charge in [0.25, 0.3) is 0 Å². The van der Waals surface area contributed by atoms with Gasteiger partial charge in [0, 0.05) is 45.1 Å². The first kappa shape index (κ1) is 14.1. The first-order valence-corrected chi connectivity index (χ1v) is 6.93. The van der Waals surface area contributed by atoms with Crippen LogP contribution in [-0.4, -0.2) is 49.3 Å². The smallest absolute Gasteiger partial charge is 0.237 e. The van der Waals surface area contributed by atoms with E-state index in [-0.39, 0.29) is 23.2 Å². The molecule has 5 heteroatoms. The number of halogens is 1. The normalized spacial score (nSPS) is 28.1. The molecule has 4 nitrogen and oxygen atoms in total. The van der Waals surface area contributed by atoms with E-state index >= 15 is 0 Å². The molecule has 1 aliphatic heterocycles. The van der Waals surface area contributed by atoms with Crippen LogP contribution in [0, 0.1) is 11.3 Å². The lowest BCUT2D eigenvalue weighted by atomic mass is 9.52. The van der Waals surface area contributed by atoms with E-state index in [1.807, 2.05) is 4.90 Å². The molecule has 0 radical (unpaired) electrons. The van der Waals surface area contributed by atoms with E-state index in [2.05, 4.69) is 13.8 Å². The van der Waals surface area contributed by atoms with Crippen LogP contribution < -0.4 is 0 Å². The Morgan fingerprint density at radius 2 is 1.94 bits per heavy atom. The van der Waals surface area contributed by atoms with Crippen molar-refractivity contribution in [2.45, 2.75) is 38.5 Å². The van der Waals surface area contributed by atoms with Crippen molar-refractivity contribution < 1.29 is 14.3 Å². The zero-order valence-corrected chi connectivity index (χ0v) is 12.3. The van der Waals surface area contributed by atoms with Crippen LogP contribution in [0.25, 0.3) is 0 Å². The Morgan fingerprint density at radius 3 is 2.33 bits per heavy atom. The number of likely N-dealkylation sites (tertiary alicyclic amines) is 1. The van der Waals surface area contributed by atoms with Crippen molar-refractivity contribution in [1.82, 2.24) is 4.90 Å². The third kappa shape index (κ3) is 1.86. The van der Waals surface area contributed by atoms with Gasteiger partial charge < -0.3 is 14.4 Å². The molecule has 0 aromatic rings. The molecule has 18 heavy (non-hydrogen) atoms. The van der Waals surface area contributed by atoms with Gasteiger partial charge in [0.2, 0.25) is 5.91 Å². The van der Waals surface area contributed by atoms with Gasteiger partial charge in [-0.2, -0.15) is 0 Å². The van der Waals surface area contributed by atoms with Gasteiger partial charge in [0.15, 0.2) is 5.79 Å². The van der Waals surface area contributed by atoms with Crippen molar-refractivity contribution in [2.24, 2.45) is 11.3 Å². The van der Waals surface area contributed by atoms with Crippen LogP contribution in [0.4, 0.5) is 0 Å². The molecule has 1 unspecified atom stereocenters. The van der Waals surface area contributed by atoms with Crippen molar-refractivity contribution in [3.63, 3.8) is 0 Å². The molecule has 2 rings (SSSR count). The Morgan fingerprint density at radius 1 is 1.39 bits per heavy atom. The van der Waals surface area contributed by atoms with Crippen LogP contribution in [0.2, 0.25) is 0 Å². The zero-order chi connectivity index (χ0) is 13.6. The highest BCUT2D eigenvalue weighted by Crippen LogP contribution is 2.61. The summed E-state index contributed by atoms with van der Waals surface area (Å²) in [6.07, 6.45) is 1.73. The summed E-state index contributed by atoms with van der Waals surface area (Å²) in [5.74, 6) is 0.0911. The predicted octanol–water partition coefficient (Wildman–Crippen LogP) is 1.86. The van der Waals surface area contributed by atoms with Gasteiger partial charge in [-0.1, -0.05) is 13.8 Å². The number of carbonyl (C=O) groups is 1. The fourth-order valence-electron chi connectivity index (χ4n) is 3.85. The molecule has 1 spiro atoms. The number of nitrogens with zero attached hydrogens (tertiary/aromatic N) is 1. The number of hydrogen-bond acceptors (Lipinski definition) is 3. The summed E-state index contributed by atoms with van der Waals surface area (Å²) < 4.78 is 10.9. The van der Waals surface area contributed by atoms with E-state index in [1.54, 1.807) is 14.2 Å². The standard InChI is InChI=1S/C13H22ClNO3/c1-9(2)11-12(8-15(11)10(16)5-14)6-13(7-12,17-3)18-4/h9,11H,5-8H2,1-4H3. The summed E-state index contributed by atoms with van der Waals surface area (Å²) in [4.78, 5) is 13.7. The summed E-state index contributed by atoms with van der Waals surface area (Å²) in [6.45, 7) is 5.09. The Labute approximate surface area is 114 Å². The largest absolute Gasteiger partial charge is 0.353 e. The Kier molecular flexibility index (Phi) is 3.65. The molecule has 0 aromatic heterocycles. The minimum absolute atomic E-state index is 0.0355. The second-order valence-corrected chi connectivity index (χ2v) is 6.15. The number of ether oxygens (including phenoxy) is 2. The first-order chi connectivity index (χ1) is 8.43. The molecule has 1 aliphatic carbocycles. The van der Waals surface area contributed by atoms with Gasteiger partial charge in [0.05, 0.1) is 0 Å². The molecular formula is C13H22ClNO3. The van der Waals surface area contributed by atoms with Crippen LogP contribution in [0.3, 0.4) is 0 Å². The molecule has 1 saturated carbocycles. The maximum absolute atomic E-state index is 11.8. The SMILES string of the molecule is COC1(OC)CC2(CN(C(=O)CCl)C2C(C)C)C1. The van der Waals surface area contributed by atoms with Crippen molar-refractivity contribution >= 4 is 17.5 Å². The lowest BCUT2D eigenvalue weighted by molar-refractivity contribution is -0.334. The lowest BCUT2D eigenvalue weighted by Gasteiger charge is -2.68.